The van der Waals surface area contributed by atoms with Gasteiger partial charge in [0.15, 0.2) is 5.79 Å². The van der Waals surface area contributed by atoms with Crippen LogP contribution in [0.5, 0.6) is 0 Å². The SMILES string of the molecule is Cn1ncc(-c2cccc(C3COC(C)(C)O3)c2)c1N. The first-order valence-corrected chi connectivity index (χ1v) is 6.66. The smallest absolute Gasteiger partial charge is 0.163 e. The van der Waals surface area contributed by atoms with Crippen LogP contribution in [0.3, 0.4) is 0 Å². The van der Waals surface area contributed by atoms with Crippen LogP contribution in [-0.4, -0.2) is 22.2 Å². The Labute approximate surface area is 118 Å². The van der Waals surface area contributed by atoms with E-state index in [2.05, 4.69) is 11.2 Å². The standard InChI is InChI=1S/C15H19N3O2/c1-15(2)19-9-13(20-15)11-6-4-5-10(7-11)12-8-17-18(3)14(12)16/h4-8,13H,9,16H2,1-3H3. The molecule has 1 aliphatic rings. The number of rotatable bonds is 2. The summed E-state index contributed by atoms with van der Waals surface area (Å²) >= 11 is 0. The van der Waals surface area contributed by atoms with Gasteiger partial charge in [0.1, 0.15) is 11.9 Å². The lowest BCUT2D eigenvalue weighted by Gasteiger charge is -2.17. The number of aromatic nitrogens is 2. The average Bonchev–Trinajstić information content (AvgIpc) is 2.94. The van der Waals surface area contributed by atoms with E-state index in [4.69, 9.17) is 15.2 Å². The molecule has 1 aromatic heterocycles. The number of nitrogen functional groups attached to an aromatic ring is 1. The maximum atomic E-state index is 6.03. The van der Waals surface area contributed by atoms with Crippen LogP contribution in [0.2, 0.25) is 0 Å². The summed E-state index contributed by atoms with van der Waals surface area (Å²) in [5.41, 5.74) is 9.10. The molecule has 0 saturated carbocycles. The van der Waals surface area contributed by atoms with E-state index in [9.17, 15) is 0 Å². The molecule has 0 radical (unpaired) electrons. The molecule has 0 spiro atoms. The van der Waals surface area contributed by atoms with Gasteiger partial charge in [-0.15, -0.1) is 0 Å². The van der Waals surface area contributed by atoms with E-state index in [1.54, 1.807) is 10.9 Å². The molecule has 2 N–H and O–H groups in total. The molecular formula is C15H19N3O2. The fraction of sp³-hybridized carbons (Fsp3) is 0.400. The van der Waals surface area contributed by atoms with Crippen molar-refractivity contribution in [3.05, 3.63) is 36.0 Å². The third kappa shape index (κ3) is 2.30. The fourth-order valence-corrected chi connectivity index (χ4v) is 2.43. The molecule has 1 unspecified atom stereocenters. The van der Waals surface area contributed by atoms with Crippen molar-refractivity contribution in [2.75, 3.05) is 12.3 Å². The van der Waals surface area contributed by atoms with Crippen molar-refractivity contribution in [1.29, 1.82) is 0 Å². The lowest BCUT2D eigenvalue weighted by atomic mass is 10.0. The Kier molecular flexibility index (Phi) is 3.03. The maximum Gasteiger partial charge on any atom is 0.163 e. The minimum absolute atomic E-state index is 0.0390. The fourth-order valence-electron chi connectivity index (χ4n) is 2.43. The minimum atomic E-state index is -0.520. The third-order valence-electron chi connectivity index (χ3n) is 3.56. The van der Waals surface area contributed by atoms with E-state index in [1.807, 2.05) is 39.1 Å². The van der Waals surface area contributed by atoms with Crippen LogP contribution >= 0.6 is 0 Å². The first-order chi connectivity index (χ1) is 9.46. The molecule has 1 saturated heterocycles. The zero-order valence-corrected chi connectivity index (χ0v) is 12.0. The molecular weight excluding hydrogens is 254 g/mol. The van der Waals surface area contributed by atoms with Crippen molar-refractivity contribution in [2.45, 2.75) is 25.7 Å². The van der Waals surface area contributed by atoms with Gasteiger partial charge in [-0.25, -0.2) is 0 Å². The molecule has 0 aliphatic carbocycles. The Bertz CT molecular complexity index is 634. The number of ether oxygens (including phenoxy) is 2. The van der Waals surface area contributed by atoms with E-state index in [0.717, 1.165) is 16.7 Å². The van der Waals surface area contributed by atoms with Crippen molar-refractivity contribution in [3.63, 3.8) is 0 Å². The topological polar surface area (TPSA) is 62.3 Å². The van der Waals surface area contributed by atoms with Crippen LogP contribution in [0.15, 0.2) is 30.5 Å². The van der Waals surface area contributed by atoms with Gasteiger partial charge < -0.3 is 15.2 Å². The van der Waals surface area contributed by atoms with Crippen LogP contribution in [0.25, 0.3) is 11.1 Å². The van der Waals surface area contributed by atoms with Crippen molar-refractivity contribution >= 4 is 5.82 Å². The lowest BCUT2D eigenvalue weighted by molar-refractivity contribution is -0.139. The first kappa shape index (κ1) is 13.1. The predicted octanol–water partition coefficient (Wildman–Crippen LogP) is 2.49. The van der Waals surface area contributed by atoms with Gasteiger partial charge in [0, 0.05) is 12.6 Å². The Morgan fingerprint density at radius 2 is 2.20 bits per heavy atom. The molecule has 5 nitrogen and oxygen atoms in total. The number of nitrogens with two attached hydrogens (primary N) is 1. The summed E-state index contributed by atoms with van der Waals surface area (Å²) in [6.45, 7) is 4.42. The maximum absolute atomic E-state index is 6.03. The molecule has 1 fully saturated rings. The number of nitrogens with zero attached hydrogens (tertiary/aromatic N) is 2. The van der Waals surface area contributed by atoms with Gasteiger partial charge in [-0.2, -0.15) is 5.10 Å². The van der Waals surface area contributed by atoms with Gasteiger partial charge in [-0.05, 0) is 31.0 Å². The Morgan fingerprint density at radius 3 is 2.80 bits per heavy atom. The molecule has 1 aromatic carbocycles. The van der Waals surface area contributed by atoms with Crippen molar-refractivity contribution in [1.82, 2.24) is 9.78 Å². The highest BCUT2D eigenvalue weighted by molar-refractivity contribution is 5.73. The molecule has 0 bridgehead atoms. The molecule has 20 heavy (non-hydrogen) atoms. The summed E-state index contributed by atoms with van der Waals surface area (Å²) in [6, 6.07) is 8.16. The van der Waals surface area contributed by atoms with E-state index < -0.39 is 5.79 Å². The van der Waals surface area contributed by atoms with Gasteiger partial charge in [-0.1, -0.05) is 18.2 Å². The monoisotopic (exact) mass is 273 g/mol. The molecule has 1 aliphatic heterocycles. The zero-order valence-electron chi connectivity index (χ0n) is 12.0. The van der Waals surface area contributed by atoms with E-state index in [1.165, 1.54) is 0 Å². The van der Waals surface area contributed by atoms with Crippen LogP contribution in [-0.2, 0) is 16.5 Å². The molecule has 2 heterocycles. The van der Waals surface area contributed by atoms with Crippen LogP contribution < -0.4 is 5.73 Å². The van der Waals surface area contributed by atoms with E-state index in [0.29, 0.717) is 12.4 Å². The van der Waals surface area contributed by atoms with Gasteiger partial charge in [0.25, 0.3) is 0 Å². The molecule has 106 valence electrons. The highest BCUT2D eigenvalue weighted by Gasteiger charge is 2.33. The second-order valence-electron chi connectivity index (χ2n) is 5.51. The van der Waals surface area contributed by atoms with Gasteiger partial charge in [0.05, 0.1) is 12.8 Å². The number of benzene rings is 1. The highest BCUT2D eigenvalue weighted by atomic mass is 16.7. The molecule has 1 atom stereocenters. The minimum Gasteiger partial charge on any atom is -0.383 e. The Hall–Kier alpha value is -1.85. The Balaban J connectivity index is 1.93. The number of aryl methyl sites for hydroxylation is 1. The summed E-state index contributed by atoms with van der Waals surface area (Å²) in [5, 5.41) is 4.18. The van der Waals surface area contributed by atoms with Crippen molar-refractivity contribution in [3.8, 4) is 11.1 Å². The number of hydrogen-bond donors (Lipinski definition) is 1. The zero-order chi connectivity index (χ0) is 14.3. The van der Waals surface area contributed by atoms with E-state index in [-0.39, 0.29) is 6.10 Å². The molecule has 3 rings (SSSR count). The quantitative estimate of drug-likeness (QED) is 0.913. The summed E-state index contributed by atoms with van der Waals surface area (Å²) in [7, 11) is 1.83. The normalized spacial score (nSPS) is 21.2. The summed E-state index contributed by atoms with van der Waals surface area (Å²) in [4.78, 5) is 0. The van der Waals surface area contributed by atoms with Gasteiger partial charge in [-0.3, -0.25) is 4.68 Å². The average molecular weight is 273 g/mol. The van der Waals surface area contributed by atoms with Crippen LogP contribution in [0.1, 0.15) is 25.5 Å². The largest absolute Gasteiger partial charge is 0.383 e. The number of hydrogen-bond acceptors (Lipinski definition) is 4. The van der Waals surface area contributed by atoms with Crippen molar-refractivity contribution in [2.24, 2.45) is 7.05 Å². The lowest BCUT2D eigenvalue weighted by Crippen LogP contribution is -2.19. The predicted molar refractivity (Wildman–Crippen MR) is 76.9 cm³/mol. The van der Waals surface area contributed by atoms with Crippen molar-refractivity contribution < 1.29 is 9.47 Å². The first-order valence-electron chi connectivity index (χ1n) is 6.66. The van der Waals surface area contributed by atoms with Crippen LogP contribution in [0.4, 0.5) is 5.82 Å². The Morgan fingerprint density at radius 1 is 1.40 bits per heavy atom. The third-order valence-corrected chi connectivity index (χ3v) is 3.56. The summed E-state index contributed by atoms with van der Waals surface area (Å²) < 4.78 is 13.2. The number of anilines is 1. The van der Waals surface area contributed by atoms with Gasteiger partial charge >= 0.3 is 0 Å². The molecule has 0 amide bonds. The summed E-state index contributed by atoms with van der Waals surface area (Å²) in [5.74, 6) is 0.139. The van der Waals surface area contributed by atoms with Crippen LogP contribution in [0, 0.1) is 0 Å². The second kappa shape index (κ2) is 4.61. The highest BCUT2D eigenvalue weighted by Crippen LogP contribution is 2.35. The van der Waals surface area contributed by atoms with Gasteiger partial charge in [0.2, 0.25) is 0 Å². The summed E-state index contributed by atoms with van der Waals surface area (Å²) in [6.07, 6.45) is 1.74. The molecule has 5 heteroatoms. The van der Waals surface area contributed by atoms with E-state index >= 15 is 0 Å². The molecule has 2 aromatic rings. The second-order valence-corrected chi connectivity index (χ2v) is 5.51.